The number of hydrogen-bond acceptors (Lipinski definition) is 6. The van der Waals surface area contributed by atoms with Crippen LogP contribution in [0.2, 0.25) is 0 Å². The number of aryl methyl sites for hydroxylation is 1. The van der Waals surface area contributed by atoms with Crippen LogP contribution in [-0.4, -0.2) is 31.8 Å². The van der Waals surface area contributed by atoms with Gasteiger partial charge in [0.2, 0.25) is 0 Å². The summed E-state index contributed by atoms with van der Waals surface area (Å²) in [7, 11) is 0. The van der Waals surface area contributed by atoms with Crippen LogP contribution in [0.25, 0.3) is 0 Å². The molecule has 3 rings (SSSR count). The highest BCUT2D eigenvalue weighted by molar-refractivity contribution is 5.69. The summed E-state index contributed by atoms with van der Waals surface area (Å²) in [6.07, 6.45) is 0.249. The van der Waals surface area contributed by atoms with E-state index < -0.39 is 23.4 Å². The van der Waals surface area contributed by atoms with Crippen LogP contribution in [0.4, 0.5) is 14.5 Å². The zero-order valence-electron chi connectivity index (χ0n) is 15.5. The molecule has 1 aliphatic rings. The van der Waals surface area contributed by atoms with Crippen molar-refractivity contribution in [1.29, 1.82) is 0 Å². The molecule has 6 nitrogen and oxygen atoms in total. The first kappa shape index (κ1) is 19.7. The SMILES string of the molecule is CCOC(=O)CCc1cc(F)c(OCC2CN=NN2c2ccccc2)c(F)c1. The van der Waals surface area contributed by atoms with E-state index in [1.165, 1.54) is 12.1 Å². The molecule has 0 radical (unpaired) electrons. The average Bonchev–Trinajstić information content (AvgIpc) is 3.15. The Hall–Kier alpha value is -3.03. The maximum Gasteiger partial charge on any atom is 0.306 e. The third-order valence-corrected chi connectivity index (χ3v) is 4.22. The predicted octanol–water partition coefficient (Wildman–Crippen LogP) is 4.10. The van der Waals surface area contributed by atoms with Gasteiger partial charge in [-0.1, -0.05) is 23.4 Å². The van der Waals surface area contributed by atoms with Crippen molar-refractivity contribution >= 4 is 11.7 Å². The van der Waals surface area contributed by atoms with E-state index in [1.807, 2.05) is 30.3 Å². The van der Waals surface area contributed by atoms with Gasteiger partial charge in [-0.2, -0.15) is 5.11 Å². The molecule has 1 heterocycles. The van der Waals surface area contributed by atoms with Gasteiger partial charge in [0.25, 0.3) is 0 Å². The summed E-state index contributed by atoms with van der Waals surface area (Å²) in [5.74, 6) is -2.47. The van der Waals surface area contributed by atoms with Gasteiger partial charge in [-0.3, -0.25) is 4.79 Å². The number of nitrogens with zero attached hydrogens (tertiary/aromatic N) is 3. The number of rotatable bonds is 8. The molecule has 1 unspecified atom stereocenters. The highest BCUT2D eigenvalue weighted by Crippen LogP contribution is 2.26. The zero-order valence-corrected chi connectivity index (χ0v) is 15.5. The fourth-order valence-electron chi connectivity index (χ4n) is 2.87. The fourth-order valence-corrected chi connectivity index (χ4v) is 2.87. The fraction of sp³-hybridized carbons (Fsp3) is 0.350. The summed E-state index contributed by atoms with van der Waals surface area (Å²) in [5, 5.41) is 9.72. The van der Waals surface area contributed by atoms with E-state index in [9.17, 15) is 13.6 Å². The smallest absolute Gasteiger partial charge is 0.306 e. The van der Waals surface area contributed by atoms with Crippen LogP contribution < -0.4 is 9.75 Å². The van der Waals surface area contributed by atoms with Crippen molar-refractivity contribution in [2.75, 3.05) is 24.8 Å². The number of hydrogen-bond donors (Lipinski definition) is 0. The summed E-state index contributed by atoms with van der Waals surface area (Å²) in [5.41, 5.74) is 1.19. The molecule has 28 heavy (non-hydrogen) atoms. The number of para-hydroxylation sites is 1. The summed E-state index contributed by atoms with van der Waals surface area (Å²) in [6, 6.07) is 11.5. The summed E-state index contributed by atoms with van der Waals surface area (Å²) >= 11 is 0. The lowest BCUT2D eigenvalue weighted by atomic mass is 10.1. The lowest BCUT2D eigenvalue weighted by Gasteiger charge is -2.22. The number of carbonyl (C=O) groups excluding carboxylic acids is 1. The Balaban J connectivity index is 1.62. The minimum atomic E-state index is -0.808. The van der Waals surface area contributed by atoms with Crippen molar-refractivity contribution in [2.24, 2.45) is 10.3 Å². The Morgan fingerprint density at radius 2 is 1.93 bits per heavy atom. The second-order valence-electron chi connectivity index (χ2n) is 6.25. The molecule has 2 aromatic carbocycles. The molecule has 2 aromatic rings. The largest absolute Gasteiger partial charge is 0.485 e. The van der Waals surface area contributed by atoms with Gasteiger partial charge in [-0.25, -0.2) is 13.8 Å². The van der Waals surface area contributed by atoms with Gasteiger partial charge in [-0.15, -0.1) is 0 Å². The molecule has 0 saturated heterocycles. The summed E-state index contributed by atoms with van der Waals surface area (Å²) in [6.45, 7) is 2.37. The number of esters is 1. The summed E-state index contributed by atoms with van der Waals surface area (Å²) < 4.78 is 38.9. The Labute approximate surface area is 161 Å². The Morgan fingerprint density at radius 3 is 2.61 bits per heavy atom. The molecule has 0 aromatic heterocycles. The monoisotopic (exact) mass is 389 g/mol. The molecule has 8 heteroatoms. The molecule has 0 saturated carbocycles. The minimum absolute atomic E-state index is 0.0257. The van der Waals surface area contributed by atoms with E-state index in [4.69, 9.17) is 9.47 Å². The molecule has 1 aliphatic heterocycles. The van der Waals surface area contributed by atoms with Crippen LogP contribution >= 0.6 is 0 Å². The molecular formula is C20H21F2N3O3. The first-order valence-corrected chi connectivity index (χ1v) is 9.06. The zero-order chi connectivity index (χ0) is 19.9. The van der Waals surface area contributed by atoms with Crippen LogP contribution in [0.15, 0.2) is 52.8 Å². The van der Waals surface area contributed by atoms with E-state index in [2.05, 4.69) is 10.3 Å². The maximum atomic E-state index is 14.3. The van der Waals surface area contributed by atoms with Crippen LogP contribution in [0.5, 0.6) is 5.75 Å². The normalized spacial score (nSPS) is 15.7. The molecule has 0 fully saturated rings. The van der Waals surface area contributed by atoms with Gasteiger partial charge >= 0.3 is 5.97 Å². The number of halogens is 2. The molecule has 148 valence electrons. The minimum Gasteiger partial charge on any atom is -0.485 e. The quantitative estimate of drug-likeness (QED) is 0.638. The van der Waals surface area contributed by atoms with E-state index in [0.717, 1.165) is 5.69 Å². The highest BCUT2D eigenvalue weighted by Gasteiger charge is 2.25. The van der Waals surface area contributed by atoms with Crippen molar-refractivity contribution in [3.63, 3.8) is 0 Å². The topological polar surface area (TPSA) is 63.5 Å². The van der Waals surface area contributed by atoms with E-state index in [0.29, 0.717) is 12.1 Å². The second kappa shape index (κ2) is 9.25. The standard InChI is InChI=1S/C20H21F2N3O3/c1-2-27-19(26)9-8-14-10-17(21)20(18(22)11-14)28-13-16-12-23-24-25(16)15-6-4-3-5-7-15/h3-7,10-11,16H,2,8-9,12-13H2,1H3. The summed E-state index contributed by atoms with van der Waals surface area (Å²) in [4.78, 5) is 11.4. The van der Waals surface area contributed by atoms with E-state index in [1.54, 1.807) is 11.9 Å². The predicted molar refractivity (Wildman–Crippen MR) is 99.2 cm³/mol. The first-order chi connectivity index (χ1) is 13.6. The van der Waals surface area contributed by atoms with Gasteiger partial charge in [-0.05, 0) is 43.2 Å². The Morgan fingerprint density at radius 1 is 1.21 bits per heavy atom. The van der Waals surface area contributed by atoms with Crippen LogP contribution in [-0.2, 0) is 16.0 Å². The van der Waals surface area contributed by atoms with Gasteiger partial charge in [0.05, 0.1) is 18.8 Å². The number of benzene rings is 2. The lowest BCUT2D eigenvalue weighted by molar-refractivity contribution is -0.143. The molecule has 0 amide bonds. The maximum absolute atomic E-state index is 14.3. The molecule has 1 atom stereocenters. The van der Waals surface area contributed by atoms with Crippen molar-refractivity contribution in [3.8, 4) is 5.75 Å². The third-order valence-electron chi connectivity index (χ3n) is 4.22. The number of ether oxygens (including phenoxy) is 2. The number of anilines is 1. The van der Waals surface area contributed by atoms with Gasteiger partial charge in [0.1, 0.15) is 12.6 Å². The molecule has 0 bridgehead atoms. The van der Waals surface area contributed by atoms with Crippen LogP contribution in [0, 0.1) is 11.6 Å². The van der Waals surface area contributed by atoms with Crippen molar-refractivity contribution < 1.29 is 23.0 Å². The van der Waals surface area contributed by atoms with Gasteiger partial charge in [0.15, 0.2) is 17.4 Å². The van der Waals surface area contributed by atoms with Gasteiger partial charge < -0.3 is 9.47 Å². The first-order valence-electron chi connectivity index (χ1n) is 9.06. The third kappa shape index (κ3) is 4.82. The molecule has 0 spiro atoms. The second-order valence-corrected chi connectivity index (χ2v) is 6.25. The van der Waals surface area contributed by atoms with E-state index in [-0.39, 0.29) is 32.1 Å². The molecule has 0 N–H and O–H groups in total. The van der Waals surface area contributed by atoms with Gasteiger partial charge in [0, 0.05) is 6.42 Å². The van der Waals surface area contributed by atoms with Crippen molar-refractivity contribution in [2.45, 2.75) is 25.8 Å². The molecule has 0 aliphatic carbocycles. The lowest BCUT2D eigenvalue weighted by Crippen LogP contribution is -2.34. The number of carbonyl (C=O) groups is 1. The van der Waals surface area contributed by atoms with Crippen LogP contribution in [0.3, 0.4) is 0 Å². The van der Waals surface area contributed by atoms with E-state index >= 15 is 0 Å². The Kier molecular flexibility index (Phi) is 6.52. The highest BCUT2D eigenvalue weighted by atomic mass is 19.1. The van der Waals surface area contributed by atoms with Crippen molar-refractivity contribution in [3.05, 3.63) is 59.7 Å². The van der Waals surface area contributed by atoms with Crippen LogP contribution in [0.1, 0.15) is 18.9 Å². The van der Waals surface area contributed by atoms with Crippen molar-refractivity contribution in [1.82, 2.24) is 0 Å². The average molecular weight is 389 g/mol. The molecular weight excluding hydrogens is 368 g/mol. The Bertz CT molecular complexity index is 823.